The molecule has 0 saturated carbocycles. The molecule has 0 aliphatic carbocycles. The number of nitrogens with zero attached hydrogens (tertiary/aromatic N) is 4. The standard InChI is InChI=1S/C23H21N5O5/c1-32-16-7-8-18(19(11-16)33-2)25-20(29)14-27-10-4-6-17-21(27)26-23(31)28(22(17)30)13-15-5-3-9-24-12-15/h3-12H,13-14H2,1-2H3,(H,25,29). The second-order valence-corrected chi connectivity index (χ2v) is 7.13. The first-order valence-corrected chi connectivity index (χ1v) is 10.0. The lowest BCUT2D eigenvalue weighted by atomic mass is 10.2. The zero-order valence-electron chi connectivity index (χ0n) is 18.0. The van der Waals surface area contributed by atoms with Gasteiger partial charge < -0.3 is 19.4 Å². The molecule has 1 N–H and O–H groups in total. The van der Waals surface area contributed by atoms with Crippen LogP contribution in [0.3, 0.4) is 0 Å². The fraction of sp³-hybridized carbons (Fsp3) is 0.174. The maximum atomic E-state index is 13.0. The Bertz CT molecular complexity index is 1380. The molecular formula is C23H21N5O5. The largest absolute Gasteiger partial charge is 0.497 e. The lowest BCUT2D eigenvalue weighted by molar-refractivity contribution is -0.116. The first-order valence-electron chi connectivity index (χ1n) is 10.0. The van der Waals surface area contributed by atoms with Gasteiger partial charge in [-0.3, -0.25) is 19.1 Å². The van der Waals surface area contributed by atoms with Crippen molar-refractivity contribution in [2.45, 2.75) is 13.1 Å². The highest BCUT2D eigenvalue weighted by Gasteiger charge is 2.19. The van der Waals surface area contributed by atoms with Gasteiger partial charge in [-0.05, 0) is 35.9 Å². The van der Waals surface area contributed by atoms with Crippen molar-refractivity contribution in [2.24, 2.45) is 0 Å². The van der Waals surface area contributed by atoms with Gasteiger partial charge in [0.25, 0.3) is 5.56 Å². The normalized spacial score (nSPS) is 10.7. The number of anilines is 1. The minimum atomic E-state index is -0.700. The third kappa shape index (κ3) is 4.59. The Balaban J connectivity index is 1.62. The van der Waals surface area contributed by atoms with Crippen molar-refractivity contribution in [3.8, 4) is 22.9 Å². The summed E-state index contributed by atoms with van der Waals surface area (Å²) in [5, 5.41) is 2.76. The molecule has 0 radical (unpaired) electrons. The maximum Gasteiger partial charge on any atom is 0.352 e. The highest BCUT2D eigenvalue weighted by Crippen LogP contribution is 2.29. The summed E-state index contributed by atoms with van der Waals surface area (Å²) in [5.74, 6) is 0.767. The van der Waals surface area contributed by atoms with Gasteiger partial charge in [-0.1, -0.05) is 6.07 Å². The van der Waals surface area contributed by atoms with Crippen LogP contribution in [0.25, 0.3) is 11.4 Å². The average molecular weight is 447 g/mol. The number of amides is 1. The Morgan fingerprint density at radius 3 is 2.67 bits per heavy atom. The molecule has 2 aliphatic heterocycles. The van der Waals surface area contributed by atoms with Gasteiger partial charge >= 0.3 is 5.69 Å². The Labute approximate surface area is 188 Å². The highest BCUT2D eigenvalue weighted by atomic mass is 16.5. The number of hydrogen-bond acceptors (Lipinski definition) is 7. The number of rotatable bonds is 7. The van der Waals surface area contributed by atoms with Crippen molar-refractivity contribution in [1.29, 1.82) is 0 Å². The molecule has 1 amide bonds. The number of carbonyl (C=O) groups is 1. The molecule has 3 heterocycles. The average Bonchev–Trinajstić information content (AvgIpc) is 2.83. The summed E-state index contributed by atoms with van der Waals surface area (Å²) < 4.78 is 13.0. The van der Waals surface area contributed by atoms with Gasteiger partial charge in [0.1, 0.15) is 18.0 Å². The first kappa shape index (κ1) is 21.8. The third-order valence-electron chi connectivity index (χ3n) is 5.01. The molecule has 4 rings (SSSR count). The van der Waals surface area contributed by atoms with Crippen LogP contribution < -0.4 is 26.0 Å². The van der Waals surface area contributed by atoms with E-state index in [-0.39, 0.29) is 30.4 Å². The molecule has 10 nitrogen and oxygen atoms in total. The summed E-state index contributed by atoms with van der Waals surface area (Å²) in [6, 6.07) is 11.7. The monoisotopic (exact) mass is 447 g/mol. The molecule has 2 aromatic rings. The van der Waals surface area contributed by atoms with Gasteiger partial charge in [-0.25, -0.2) is 4.79 Å². The topological polar surface area (TPSA) is 117 Å². The van der Waals surface area contributed by atoms with Crippen LogP contribution in [-0.2, 0) is 17.9 Å². The van der Waals surface area contributed by atoms with Gasteiger partial charge in [0.05, 0.1) is 32.0 Å². The van der Waals surface area contributed by atoms with E-state index in [1.165, 1.54) is 18.8 Å². The Morgan fingerprint density at radius 1 is 1.09 bits per heavy atom. The summed E-state index contributed by atoms with van der Waals surface area (Å²) in [4.78, 5) is 46.4. The van der Waals surface area contributed by atoms with Crippen LogP contribution in [0.15, 0.2) is 70.6 Å². The molecule has 0 fully saturated rings. The molecule has 10 heteroatoms. The van der Waals surface area contributed by atoms with Crippen LogP contribution in [0.2, 0.25) is 0 Å². The molecule has 0 bridgehead atoms. The van der Waals surface area contributed by atoms with Crippen LogP contribution in [0.5, 0.6) is 11.5 Å². The molecule has 0 spiro atoms. The number of benzene rings is 1. The number of aromatic nitrogens is 4. The minimum absolute atomic E-state index is 0.0566. The number of nitrogens with one attached hydrogen (secondary N) is 1. The van der Waals surface area contributed by atoms with E-state index in [2.05, 4.69) is 15.3 Å². The van der Waals surface area contributed by atoms with E-state index < -0.39 is 11.2 Å². The molecule has 1 aromatic carbocycles. The van der Waals surface area contributed by atoms with Crippen LogP contribution >= 0.6 is 0 Å². The molecule has 168 valence electrons. The van der Waals surface area contributed by atoms with E-state index in [1.807, 2.05) is 0 Å². The van der Waals surface area contributed by atoms with Crippen molar-refractivity contribution < 1.29 is 14.3 Å². The molecule has 0 atom stereocenters. The number of ether oxygens (including phenoxy) is 2. The summed E-state index contributed by atoms with van der Waals surface area (Å²) in [6.07, 6.45) is 4.78. The number of pyridine rings is 2. The van der Waals surface area contributed by atoms with Crippen LogP contribution in [0.4, 0.5) is 5.69 Å². The minimum Gasteiger partial charge on any atom is -0.497 e. The maximum absolute atomic E-state index is 13.0. The lowest BCUT2D eigenvalue weighted by Crippen LogP contribution is -2.38. The predicted molar refractivity (Wildman–Crippen MR) is 121 cm³/mol. The quantitative estimate of drug-likeness (QED) is 0.457. The molecule has 0 unspecified atom stereocenters. The predicted octanol–water partition coefficient (Wildman–Crippen LogP) is 1.61. The Morgan fingerprint density at radius 2 is 1.94 bits per heavy atom. The smallest absolute Gasteiger partial charge is 0.352 e. The van der Waals surface area contributed by atoms with Crippen molar-refractivity contribution in [1.82, 2.24) is 19.1 Å². The molecular weight excluding hydrogens is 426 g/mol. The van der Waals surface area contributed by atoms with Gasteiger partial charge in [0, 0.05) is 24.7 Å². The lowest BCUT2D eigenvalue weighted by Gasteiger charge is -2.16. The zero-order valence-corrected chi connectivity index (χ0v) is 18.0. The van der Waals surface area contributed by atoms with E-state index >= 15 is 0 Å². The second kappa shape index (κ2) is 9.35. The van der Waals surface area contributed by atoms with E-state index in [0.717, 1.165) is 4.57 Å². The number of hydrogen-bond donors (Lipinski definition) is 1. The van der Waals surface area contributed by atoms with Crippen LogP contribution in [0.1, 0.15) is 5.56 Å². The highest BCUT2D eigenvalue weighted by molar-refractivity contribution is 5.92. The second-order valence-electron chi connectivity index (χ2n) is 7.13. The van der Waals surface area contributed by atoms with Gasteiger partial charge in [-0.2, -0.15) is 4.98 Å². The van der Waals surface area contributed by atoms with Gasteiger partial charge in [-0.15, -0.1) is 0 Å². The summed E-state index contributed by atoms with van der Waals surface area (Å²) in [5.41, 5.74) is 0.208. The summed E-state index contributed by atoms with van der Waals surface area (Å²) in [6.45, 7) is -0.105. The fourth-order valence-corrected chi connectivity index (χ4v) is 3.41. The van der Waals surface area contributed by atoms with Crippen LogP contribution in [-0.4, -0.2) is 39.2 Å². The first-order chi connectivity index (χ1) is 16.0. The van der Waals surface area contributed by atoms with Crippen molar-refractivity contribution in [3.63, 3.8) is 0 Å². The van der Waals surface area contributed by atoms with E-state index in [9.17, 15) is 14.4 Å². The molecule has 0 saturated heterocycles. The number of fused-ring (bicyclic) bond motifs is 1. The van der Waals surface area contributed by atoms with Crippen molar-refractivity contribution in [2.75, 3.05) is 19.5 Å². The van der Waals surface area contributed by atoms with Crippen molar-refractivity contribution >= 4 is 11.6 Å². The summed E-state index contributed by atoms with van der Waals surface area (Å²) in [7, 11) is 3.02. The molecule has 2 aliphatic rings. The Hall–Kier alpha value is -4.47. The Kier molecular flexibility index (Phi) is 6.16. The van der Waals surface area contributed by atoms with E-state index in [0.29, 0.717) is 22.7 Å². The SMILES string of the molecule is COc1ccc(NC(=O)Cn2cccc3c(=O)n(Cc4cccnc4)c(=O)nc2-3)c(OC)c1. The zero-order chi connectivity index (χ0) is 23.4. The molecule has 33 heavy (non-hydrogen) atoms. The number of methoxy groups -OCH3 is 2. The third-order valence-corrected chi connectivity index (χ3v) is 5.01. The van der Waals surface area contributed by atoms with Gasteiger partial charge in [0.15, 0.2) is 5.82 Å². The van der Waals surface area contributed by atoms with Crippen molar-refractivity contribution in [3.05, 3.63) is 87.5 Å². The van der Waals surface area contributed by atoms with E-state index in [1.54, 1.807) is 61.1 Å². The van der Waals surface area contributed by atoms with Crippen LogP contribution in [0, 0.1) is 0 Å². The molecule has 1 aromatic heterocycles. The fourth-order valence-electron chi connectivity index (χ4n) is 3.41. The summed E-state index contributed by atoms with van der Waals surface area (Å²) >= 11 is 0. The number of carbonyl (C=O) groups excluding carboxylic acids is 1. The van der Waals surface area contributed by atoms with Gasteiger partial charge in [0.2, 0.25) is 5.91 Å². The van der Waals surface area contributed by atoms with E-state index in [4.69, 9.17) is 9.47 Å².